The van der Waals surface area contributed by atoms with Crippen molar-refractivity contribution in [1.82, 2.24) is 0 Å². The first-order valence-corrected chi connectivity index (χ1v) is 9.81. The number of aliphatic carboxylic acids is 1. The van der Waals surface area contributed by atoms with E-state index in [1.54, 1.807) is 6.08 Å². The molecule has 0 bridgehead atoms. The molecule has 2 rings (SSSR count). The zero-order valence-electron chi connectivity index (χ0n) is 15.5. The van der Waals surface area contributed by atoms with Gasteiger partial charge in [-0.1, -0.05) is 64.0 Å². The second-order valence-corrected chi connectivity index (χ2v) is 7.29. The normalized spacial score (nSPS) is 20.7. The van der Waals surface area contributed by atoms with Crippen LogP contribution in [-0.2, 0) is 4.79 Å². The molecule has 0 atom stereocenters. The fourth-order valence-electron chi connectivity index (χ4n) is 3.60. The van der Waals surface area contributed by atoms with Gasteiger partial charge < -0.3 is 9.84 Å². The predicted octanol–water partition coefficient (Wildman–Crippen LogP) is 5.94. The summed E-state index contributed by atoms with van der Waals surface area (Å²) in [5, 5.41) is 8.64. The number of hydrogen-bond donors (Lipinski definition) is 1. The van der Waals surface area contributed by atoms with E-state index in [1.807, 2.05) is 24.3 Å². The lowest BCUT2D eigenvalue weighted by Crippen LogP contribution is -2.20. The van der Waals surface area contributed by atoms with E-state index in [1.165, 1.54) is 57.8 Å². The number of carbonyl (C=O) groups is 1. The third-order valence-electron chi connectivity index (χ3n) is 5.22. The van der Waals surface area contributed by atoms with E-state index in [0.29, 0.717) is 5.92 Å². The minimum Gasteiger partial charge on any atom is -0.493 e. The molecule has 0 aliphatic heterocycles. The summed E-state index contributed by atoms with van der Waals surface area (Å²) >= 11 is 0. The van der Waals surface area contributed by atoms with Gasteiger partial charge in [-0.15, -0.1) is 0 Å². The molecule has 3 heteroatoms. The van der Waals surface area contributed by atoms with Gasteiger partial charge in [0.05, 0.1) is 6.61 Å². The van der Waals surface area contributed by atoms with Crippen molar-refractivity contribution in [1.29, 1.82) is 0 Å². The lowest BCUT2D eigenvalue weighted by Gasteiger charge is -2.28. The Balaban J connectivity index is 1.64. The molecule has 138 valence electrons. The van der Waals surface area contributed by atoms with Gasteiger partial charge in [0, 0.05) is 6.08 Å². The van der Waals surface area contributed by atoms with Crippen molar-refractivity contribution in [2.24, 2.45) is 11.8 Å². The molecule has 1 saturated carbocycles. The van der Waals surface area contributed by atoms with Gasteiger partial charge in [0.2, 0.25) is 0 Å². The molecule has 0 aromatic heterocycles. The summed E-state index contributed by atoms with van der Waals surface area (Å²) in [5.74, 6) is 1.56. The minimum absolute atomic E-state index is 0.679. The van der Waals surface area contributed by atoms with E-state index in [4.69, 9.17) is 9.84 Å². The van der Waals surface area contributed by atoms with Gasteiger partial charge in [-0.3, -0.25) is 0 Å². The highest BCUT2D eigenvalue weighted by molar-refractivity contribution is 5.85. The number of unbranched alkanes of at least 4 members (excludes halogenated alkanes) is 3. The molecule has 1 aliphatic rings. The summed E-state index contributed by atoms with van der Waals surface area (Å²) in [6, 6.07) is 7.62. The molecule has 3 nitrogen and oxygen atoms in total. The molecular formula is C22H32O3. The first-order chi connectivity index (χ1) is 12.2. The van der Waals surface area contributed by atoms with Crippen LogP contribution in [0.5, 0.6) is 5.75 Å². The molecule has 1 fully saturated rings. The van der Waals surface area contributed by atoms with Gasteiger partial charge in [0.15, 0.2) is 0 Å². The molecule has 1 N–H and O–H groups in total. The van der Waals surface area contributed by atoms with E-state index in [9.17, 15) is 4.79 Å². The van der Waals surface area contributed by atoms with Crippen molar-refractivity contribution in [3.05, 3.63) is 35.9 Å². The largest absolute Gasteiger partial charge is 0.493 e. The van der Waals surface area contributed by atoms with Gasteiger partial charge in [-0.25, -0.2) is 4.79 Å². The van der Waals surface area contributed by atoms with E-state index in [0.717, 1.165) is 29.9 Å². The molecule has 0 radical (unpaired) electrons. The van der Waals surface area contributed by atoms with Gasteiger partial charge in [-0.05, 0) is 48.4 Å². The highest BCUT2D eigenvalue weighted by atomic mass is 16.5. The van der Waals surface area contributed by atoms with Crippen molar-refractivity contribution in [2.75, 3.05) is 6.61 Å². The maximum atomic E-state index is 10.5. The molecule has 0 unspecified atom stereocenters. The molecule has 0 spiro atoms. The zero-order chi connectivity index (χ0) is 17.9. The second kappa shape index (κ2) is 11.0. The molecule has 1 aliphatic carbocycles. The smallest absolute Gasteiger partial charge is 0.328 e. The first-order valence-electron chi connectivity index (χ1n) is 9.81. The van der Waals surface area contributed by atoms with Gasteiger partial charge >= 0.3 is 5.97 Å². The van der Waals surface area contributed by atoms with Crippen LogP contribution in [0.25, 0.3) is 6.08 Å². The molecule has 1 aromatic carbocycles. The Morgan fingerprint density at radius 2 is 1.76 bits per heavy atom. The number of rotatable bonds is 10. The Kier molecular flexibility index (Phi) is 8.58. The Morgan fingerprint density at radius 3 is 2.40 bits per heavy atom. The van der Waals surface area contributed by atoms with Gasteiger partial charge in [0.1, 0.15) is 5.75 Å². The van der Waals surface area contributed by atoms with Gasteiger partial charge in [0.25, 0.3) is 0 Å². The molecule has 1 aromatic rings. The average molecular weight is 344 g/mol. The summed E-state index contributed by atoms with van der Waals surface area (Å²) < 4.78 is 5.93. The van der Waals surface area contributed by atoms with Crippen molar-refractivity contribution in [3.63, 3.8) is 0 Å². The predicted molar refractivity (Wildman–Crippen MR) is 103 cm³/mol. The fourth-order valence-corrected chi connectivity index (χ4v) is 3.60. The molecular weight excluding hydrogens is 312 g/mol. The van der Waals surface area contributed by atoms with Crippen LogP contribution in [-0.4, -0.2) is 17.7 Å². The lowest BCUT2D eigenvalue weighted by atomic mass is 9.80. The quantitative estimate of drug-likeness (QED) is 0.422. The third kappa shape index (κ3) is 7.76. The zero-order valence-corrected chi connectivity index (χ0v) is 15.5. The first kappa shape index (κ1) is 19.6. The number of carboxylic acids is 1. The van der Waals surface area contributed by atoms with Crippen LogP contribution in [0.4, 0.5) is 0 Å². The van der Waals surface area contributed by atoms with Crippen molar-refractivity contribution in [2.45, 2.75) is 64.7 Å². The van der Waals surface area contributed by atoms with E-state index >= 15 is 0 Å². The summed E-state index contributed by atoms with van der Waals surface area (Å²) in [5.41, 5.74) is 0.873. The van der Waals surface area contributed by atoms with Crippen LogP contribution in [0, 0.1) is 11.8 Å². The van der Waals surface area contributed by atoms with Crippen molar-refractivity contribution in [3.8, 4) is 5.75 Å². The summed E-state index contributed by atoms with van der Waals surface area (Å²) in [4.78, 5) is 10.5. The topological polar surface area (TPSA) is 46.5 Å². The van der Waals surface area contributed by atoms with Crippen molar-refractivity contribution >= 4 is 12.0 Å². The molecule has 0 heterocycles. The van der Waals surface area contributed by atoms with Crippen LogP contribution < -0.4 is 4.74 Å². The standard InChI is InChI=1S/C22H32O3/c1-2-3-4-5-6-18-7-9-20(10-8-18)17-25-21-14-11-19(12-15-21)13-16-22(23)24/h11-16,18,20H,2-10,17H2,1H3,(H,23,24)/b16-13+/t18-,20+. The third-order valence-corrected chi connectivity index (χ3v) is 5.22. The number of ether oxygens (including phenoxy) is 1. The summed E-state index contributed by atoms with van der Waals surface area (Å²) in [6.45, 7) is 3.07. The van der Waals surface area contributed by atoms with E-state index < -0.39 is 5.97 Å². The van der Waals surface area contributed by atoms with Gasteiger partial charge in [-0.2, -0.15) is 0 Å². The highest BCUT2D eigenvalue weighted by Gasteiger charge is 2.21. The van der Waals surface area contributed by atoms with Crippen LogP contribution >= 0.6 is 0 Å². The molecule has 25 heavy (non-hydrogen) atoms. The highest BCUT2D eigenvalue weighted by Crippen LogP contribution is 2.32. The van der Waals surface area contributed by atoms with Crippen LogP contribution in [0.3, 0.4) is 0 Å². The monoisotopic (exact) mass is 344 g/mol. The van der Waals surface area contributed by atoms with Crippen LogP contribution in [0.15, 0.2) is 30.3 Å². The number of hydrogen-bond acceptors (Lipinski definition) is 2. The van der Waals surface area contributed by atoms with Crippen LogP contribution in [0.2, 0.25) is 0 Å². The average Bonchev–Trinajstić information content (AvgIpc) is 2.63. The fraction of sp³-hybridized carbons (Fsp3) is 0.591. The Morgan fingerprint density at radius 1 is 1.08 bits per heavy atom. The van der Waals surface area contributed by atoms with Crippen molar-refractivity contribution < 1.29 is 14.6 Å². The Labute approximate surface area is 152 Å². The number of carboxylic acid groups (broad SMARTS) is 1. The summed E-state index contributed by atoms with van der Waals surface area (Å²) in [7, 11) is 0. The molecule has 0 amide bonds. The number of benzene rings is 1. The maximum Gasteiger partial charge on any atom is 0.328 e. The SMILES string of the molecule is CCCCCC[C@H]1CC[C@@H](COc2ccc(/C=C/C(=O)O)cc2)CC1. The van der Waals surface area contributed by atoms with Crippen LogP contribution in [0.1, 0.15) is 70.3 Å². The van der Waals surface area contributed by atoms with E-state index in [2.05, 4.69) is 6.92 Å². The maximum absolute atomic E-state index is 10.5. The summed E-state index contributed by atoms with van der Waals surface area (Å²) in [6.07, 6.45) is 15.0. The Hall–Kier alpha value is -1.77. The second-order valence-electron chi connectivity index (χ2n) is 7.29. The minimum atomic E-state index is -0.929. The molecule has 0 saturated heterocycles. The lowest BCUT2D eigenvalue weighted by molar-refractivity contribution is -0.131. The van der Waals surface area contributed by atoms with E-state index in [-0.39, 0.29) is 0 Å². The Bertz CT molecular complexity index is 525.